The maximum atomic E-state index is 12.0. The summed E-state index contributed by atoms with van der Waals surface area (Å²) in [5.74, 6) is -1.14. The third-order valence-corrected chi connectivity index (χ3v) is 2.69. The predicted molar refractivity (Wildman–Crippen MR) is 71.5 cm³/mol. The number of rotatable bonds is 9. The number of halogens is 2. The van der Waals surface area contributed by atoms with Crippen molar-refractivity contribution < 1.29 is 28.2 Å². The molecule has 2 N–H and O–H groups in total. The van der Waals surface area contributed by atoms with Crippen LogP contribution in [0.25, 0.3) is 0 Å². The summed E-state index contributed by atoms with van der Waals surface area (Å²) in [6.07, 6.45) is 2.10. The number of aliphatic carboxylic acids is 1. The fraction of sp³-hybridized carbons (Fsp3) is 0.429. The summed E-state index contributed by atoms with van der Waals surface area (Å²) in [6, 6.07) is 5.40. The number of ether oxygens (including phenoxy) is 1. The second-order valence-corrected chi connectivity index (χ2v) is 4.36. The van der Waals surface area contributed by atoms with E-state index in [4.69, 9.17) is 5.11 Å². The smallest absolute Gasteiger partial charge is 0.387 e. The van der Waals surface area contributed by atoms with Crippen LogP contribution in [0, 0.1) is 0 Å². The first kappa shape index (κ1) is 16.9. The van der Waals surface area contributed by atoms with E-state index in [1.54, 1.807) is 0 Å². The molecule has 7 heteroatoms. The molecule has 0 saturated heterocycles. The lowest BCUT2D eigenvalue weighted by atomic mass is 10.2. The maximum absolute atomic E-state index is 12.0. The summed E-state index contributed by atoms with van der Waals surface area (Å²) in [5.41, 5.74) is 0.349. The summed E-state index contributed by atoms with van der Waals surface area (Å²) in [7, 11) is 0. The fourth-order valence-electron chi connectivity index (χ4n) is 1.67. The molecule has 0 bridgehead atoms. The third kappa shape index (κ3) is 7.24. The standard InChI is InChI=1S/C14H17F2NO4/c15-14(16)21-11-7-5-10(6-8-11)13(20)17-9-3-1-2-4-12(18)19/h5-8,14H,1-4,9H2,(H,17,20)(H,18,19). The second kappa shape index (κ2) is 8.89. The second-order valence-electron chi connectivity index (χ2n) is 4.36. The van der Waals surface area contributed by atoms with Crippen molar-refractivity contribution in [3.05, 3.63) is 29.8 Å². The minimum atomic E-state index is -2.89. The van der Waals surface area contributed by atoms with Gasteiger partial charge in [-0.15, -0.1) is 0 Å². The molecule has 0 aliphatic rings. The molecule has 21 heavy (non-hydrogen) atoms. The van der Waals surface area contributed by atoms with Gasteiger partial charge in [0.2, 0.25) is 0 Å². The van der Waals surface area contributed by atoms with Gasteiger partial charge >= 0.3 is 12.6 Å². The Hall–Kier alpha value is -2.18. The Kier molecular flexibility index (Phi) is 7.14. The van der Waals surface area contributed by atoms with Crippen LogP contribution < -0.4 is 10.1 Å². The highest BCUT2D eigenvalue weighted by molar-refractivity contribution is 5.94. The van der Waals surface area contributed by atoms with Gasteiger partial charge in [0.15, 0.2) is 0 Å². The summed E-state index contributed by atoms with van der Waals surface area (Å²) in [5, 5.41) is 11.1. The lowest BCUT2D eigenvalue weighted by Gasteiger charge is -2.07. The van der Waals surface area contributed by atoms with Crippen LogP contribution in [0.15, 0.2) is 24.3 Å². The van der Waals surface area contributed by atoms with E-state index in [-0.39, 0.29) is 18.1 Å². The third-order valence-electron chi connectivity index (χ3n) is 2.69. The van der Waals surface area contributed by atoms with Crippen molar-refractivity contribution >= 4 is 11.9 Å². The molecule has 1 amide bonds. The molecular formula is C14H17F2NO4. The number of alkyl halides is 2. The Balaban J connectivity index is 2.27. The quantitative estimate of drug-likeness (QED) is 0.688. The fourth-order valence-corrected chi connectivity index (χ4v) is 1.67. The molecule has 0 aliphatic heterocycles. The number of carbonyl (C=O) groups excluding carboxylic acids is 1. The van der Waals surface area contributed by atoms with E-state index in [2.05, 4.69) is 10.1 Å². The van der Waals surface area contributed by atoms with E-state index in [0.717, 1.165) is 0 Å². The molecule has 0 aromatic heterocycles. The number of hydrogen-bond acceptors (Lipinski definition) is 3. The van der Waals surface area contributed by atoms with Gasteiger partial charge in [-0.2, -0.15) is 8.78 Å². The molecule has 0 radical (unpaired) electrons. The topological polar surface area (TPSA) is 75.6 Å². The lowest BCUT2D eigenvalue weighted by Crippen LogP contribution is -2.24. The number of carboxylic acids is 1. The van der Waals surface area contributed by atoms with Crippen molar-refractivity contribution in [3.63, 3.8) is 0 Å². The van der Waals surface area contributed by atoms with E-state index in [1.165, 1.54) is 24.3 Å². The van der Waals surface area contributed by atoms with Crippen LogP contribution in [-0.4, -0.2) is 30.1 Å². The average molecular weight is 301 g/mol. The highest BCUT2D eigenvalue weighted by Crippen LogP contribution is 2.14. The van der Waals surface area contributed by atoms with Gasteiger partial charge in [0.1, 0.15) is 5.75 Å². The van der Waals surface area contributed by atoms with E-state index < -0.39 is 12.6 Å². The van der Waals surface area contributed by atoms with Gasteiger partial charge in [0, 0.05) is 18.5 Å². The predicted octanol–water partition coefficient (Wildman–Crippen LogP) is 2.66. The Labute approximate surface area is 120 Å². The van der Waals surface area contributed by atoms with Gasteiger partial charge in [-0.25, -0.2) is 0 Å². The highest BCUT2D eigenvalue weighted by atomic mass is 19.3. The Morgan fingerprint density at radius 1 is 1.14 bits per heavy atom. The summed E-state index contributed by atoms with van der Waals surface area (Å²) >= 11 is 0. The molecule has 1 aromatic carbocycles. The van der Waals surface area contributed by atoms with E-state index in [9.17, 15) is 18.4 Å². The number of carboxylic acid groups (broad SMARTS) is 1. The van der Waals surface area contributed by atoms with Crippen molar-refractivity contribution in [2.45, 2.75) is 32.3 Å². The van der Waals surface area contributed by atoms with E-state index in [1.807, 2.05) is 0 Å². The molecule has 1 aromatic rings. The van der Waals surface area contributed by atoms with Crippen molar-refractivity contribution in [2.75, 3.05) is 6.54 Å². The first-order chi connectivity index (χ1) is 9.99. The van der Waals surface area contributed by atoms with E-state index in [0.29, 0.717) is 31.4 Å². The number of hydrogen-bond donors (Lipinski definition) is 2. The largest absolute Gasteiger partial charge is 0.481 e. The lowest BCUT2D eigenvalue weighted by molar-refractivity contribution is -0.137. The summed E-state index contributed by atoms with van der Waals surface area (Å²) in [4.78, 5) is 22.0. The Morgan fingerprint density at radius 2 is 1.81 bits per heavy atom. The van der Waals surface area contributed by atoms with Gasteiger partial charge in [-0.05, 0) is 37.1 Å². The SMILES string of the molecule is O=C(O)CCCCCNC(=O)c1ccc(OC(F)F)cc1. The molecule has 0 saturated carbocycles. The normalized spacial score (nSPS) is 10.4. The van der Waals surface area contributed by atoms with Crippen molar-refractivity contribution in [1.29, 1.82) is 0 Å². The first-order valence-electron chi connectivity index (χ1n) is 6.54. The Bertz CT molecular complexity index is 463. The summed E-state index contributed by atoms with van der Waals surface area (Å²) < 4.78 is 28.1. The molecule has 5 nitrogen and oxygen atoms in total. The van der Waals surface area contributed by atoms with Gasteiger partial charge in [0.05, 0.1) is 0 Å². The molecule has 0 fully saturated rings. The van der Waals surface area contributed by atoms with Crippen LogP contribution in [0.4, 0.5) is 8.78 Å². The van der Waals surface area contributed by atoms with Gasteiger partial charge in [-0.1, -0.05) is 6.42 Å². The monoisotopic (exact) mass is 301 g/mol. The minimum Gasteiger partial charge on any atom is -0.481 e. The van der Waals surface area contributed by atoms with Crippen molar-refractivity contribution in [3.8, 4) is 5.75 Å². The van der Waals surface area contributed by atoms with Crippen LogP contribution >= 0.6 is 0 Å². The number of carbonyl (C=O) groups is 2. The highest BCUT2D eigenvalue weighted by Gasteiger charge is 2.07. The Morgan fingerprint density at radius 3 is 2.38 bits per heavy atom. The number of unbranched alkanes of at least 4 members (excludes halogenated alkanes) is 2. The molecule has 0 aliphatic carbocycles. The molecule has 0 spiro atoms. The average Bonchev–Trinajstić information content (AvgIpc) is 2.42. The molecular weight excluding hydrogens is 284 g/mol. The maximum Gasteiger partial charge on any atom is 0.387 e. The van der Waals surface area contributed by atoms with E-state index >= 15 is 0 Å². The zero-order valence-electron chi connectivity index (χ0n) is 11.4. The molecule has 116 valence electrons. The van der Waals surface area contributed by atoms with Crippen LogP contribution in [-0.2, 0) is 4.79 Å². The molecule has 0 atom stereocenters. The van der Waals surface area contributed by atoms with Crippen LogP contribution in [0.2, 0.25) is 0 Å². The van der Waals surface area contributed by atoms with Crippen molar-refractivity contribution in [2.24, 2.45) is 0 Å². The minimum absolute atomic E-state index is 0.00443. The zero-order chi connectivity index (χ0) is 15.7. The van der Waals surface area contributed by atoms with Gasteiger partial charge in [-0.3, -0.25) is 9.59 Å². The number of amides is 1. The van der Waals surface area contributed by atoms with Crippen LogP contribution in [0.5, 0.6) is 5.75 Å². The molecule has 1 rings (SSSR count). The van der Waals surface area contributed by atoms with Crippen molar-refractivity contribution in [1.82, 2.24) is 5.32 Å². The van der Waals surface area contributed by atoms with Gasteiger partial charge in [0.25, 0.3) is 5.91 Å². The molecule has 0 unspecified atom stereocenters. The molecule has 0 heterocycles. The van der Waals surface area contributed by atoms with Crippen LogP contribution in [0.3, 0.4) is 0 Å². The summed E-state index contributed by atoms with van der Waals surface area (Å²) in [6.45, 7) is -2.45. The number of nitrogens with one attached hydrogen (secondary N) is 1. The first-order valence-corrected chi connectivity index (χ1v) is 6.54. The van der Waals surface area contributed by atoms with Crippen LogP contribution in [0.1, 0.15) is 36.0 Å². The van der Waals surface area contributed by atoms with Gasteiger partial charge < -0.3 is 15.2 Å². The number of benzene rings is 1. The zero-order valence-corrected chi connectivity index (χ0v) is 11.4.